The van der Waals surface area contributed by atoms with Crippen LogP contribution in [0.25, 0.3) is 44.0 Å². The van der Waals surface area contributed by atoms with Gasteiger partial charge in [0.15, 0.2) is 11.8 Å². The van der Waals surface area contributed by atoms with Crippen molar-refractivity contribution in [1.29, 1.82) is 5.26 Å². The molecular weight excluding hydrogens is 404 g/mol. The summed E-state index contributed by atoms with van der Waals surface area (Å²) in [6.45, 7) is 4.17. The molecule has 1 saturated carbocycles. The number of aromatic nitrogens is 1. The van der Waals surface area contributed by atoms with Crippen LogP contribution in [0.4, 0.5) is 0 Å². The van der Waals surface area contributed by atoms with Gasteiger partial charge < -0.3 is 4.42 Å². The van der Waals surface area contributed by atoms with Crippen molar-refractivity contribution in [3.8, 4) is 17.3 Å². The van der Waals surface area contributed by atoms with Crippen molar-refractivity contribution >= 4 is 32.7 Å². The molecule has 3 heteroatoms. The number of nitriles is 1. The average Bonchev–Trinajstić information content (AvgIpc) is 3.49. The second kappa shape index (κ2) is 7.46. The molecule has 0 bridgehead atoms. The Bertz CT molecular complexity index is 1610. The number of benzene rings is 3. The fraction of sp³-hybridized carbons (Fsp3) is 0.267. The molecule has 2 aromatic heterocycles. The second-order valence-electron chi connectivity index (χ2n) is 9.52. The molecule has 0 unspecified atom stereocenters. The molecule has 0 spiro atoms. The molecule has 1 fully saturated rings. The zero-order valence-corrected chi connectivity index (χ0v) is 19.4. The molecule has 162 valence electrons. The Morgan fingerprint density at radius 1 is 0.970 bits per heavy atom. The Balaban J connectivity index is 1.72. The van der Waals surface area contributed by atoms with Crippen LogP contribution in [0.5, 0.6) is 0 Å². The highest BCUT2D eigenvalue weighted by Crippen LogP contribution is 2.43. The number of hydrogen-bond donors (Lipinski definition) is 0. The highest BCUT2D eigenvalue weighted by atomic mass is 16.3. The van der Waals surface area contributed by atoms with Gasteiger partial charge in [-0.1, -0.05) is 43.2 Å². The van der Waals surface area contributed by atoms with E-state index in [1.165, 1.54) is 42.0 Å². The summed E-state index contributed by atoms with van der Waals surface area (Å²) >= 11 is 0. The van der Waals surface area contributed by atoms with E-state index in [4.69, 9.17) is 4.42 Å². The summed E-state index contributed by atoms with van der Waals surface area (Å²) in [5.74, 6) is 0.688. The summed E-state index contributed by atoms with van der Waals surface area (Å²) in [5.41, 5.74) is 8.13. The van der Waals surface area contributed by atoms with Crippen molar-refractivity contribution < 1.29 is 8.98 Å². The van der Waals surface area contributed by atoms with E-state index in [1.54, 1.807) is 0 Å². The Labute approximate surface area is 193 Å². The normalized spacial score (nSPS) is 14.5. The van der Waals surface area contributed by atoms with Gasteiger partial charge in [0, 0.05) is 16.8 Å². The first kappa shape index (κ1) is 20.0. The Morgan fingerprint density at radius 3 is 2.55 bits per heavy atom. The second-order valence-corrected chi connectivity index (χ2v) is 9.52. The summed E-state index contributed by atoms with van der Waals surface area (Å²) in [6, 6.07) is 19.7. The molecule has 1 aliphatic rings. The largest absolute Gasteiger partial charge is 0.455 e. The smallest absolute Gasteiger partial charge is 0.224 e. The van der Waals surface area contributed by atoms with E-state index >= 15 is 0 Å². The quantitative estimate of drug-likeness (QED) is 0.274. The molecule has 0 aliphatic heterocycles. The van der Waals surface area contributed by atoms with Crippen LogP contribution in [0.15, 0.2) is 59.1 Å². The van der Waals surface area contributed by atoms with Crippen LogP contribution in [-0.2, 0) is 7.05 Å². The lowest BCUT2D eigenvalue weighted by Crippen LogP contribution is -2.31. The van der Waals surface area contributed by atoms with Gasteiger partial charge in [-0.05, 0) is 66.8 Å². The van der Waals surface area contributed by atoms with Crippen LogP contribution in [0, 0.1) is 25.2 Å². The highest BCUT2D eigenvalue weighted by molar-refractivity contribution is 6.14. The van der Waals surface area contributed by atoms with Crippen LogP contribution in [-0.4, -0.2) is 0 Å². The highest BCUT2D eigenvalue weighted by Gasteiger charge is 2.28. The zero-order chi connectivity index (χ0) is 22.7. The summed E-state index contributed by atoms with van der Waals surface area (Å²) in [5, 5.41) is 14.4. The van der Waals surface area contributed by atoms with E-state index in [0.29, 0.717) is 11.5 Å². The van der Waals surface area contributed by atoms with Crippen molar-refractivity contribution in [2.24, 2.45) is 7.05 Å². The van der Waals surface area contributed by atoms with Crippen LogP contribution in [0.3, 0.4) is 0 Å². The number of nitrogens with zero attached hydrogens (tertiary/aromatic N) is 2. The molecule has 3 nitrogen and oxygen atoms in total. The van der Waals surface area contributed by atoms with Crippen LogP contribution < -0.4 is 4.57 Å². The van der Waals surface area contributed by atoms with Gasteiger partial charge in [-0.3, -0.25) is 0 Å². The third-order valence-corrected chi connectivity index (χ3v) is 7.72. The van der Waals surface area contributed by atoms with Crippen LogP contribution in [0.2, 0.25) is 0 Å². The fourth-order valence-corrected chi connectivity index (χ4v) is 5.84. The first-order chi connectivity index (χ1) is 16.1. The van der Waals surface area contributed by atoms with Gasteiger partial charge in [0.2, 0.25) is 5.69 Å². The predicted octanol–water partition coefficient (Wildman–Crippen LogP) is 7.38. The predicted molar refractivity (Wildman–Crippen MR) is 133 cm³/mol. The lowest BCUT2D eigenvalue weighted by molar-refractivity contribution is -0.659. The number of fused-ring (bicyclic) bond motifs is 4. The van der Waals surface area contributed by atoms with E-state index in [2.05, 4.69) is 68.1 Å². The standard InChI is InChI=1S/C30H27N2O/c1-18-19(2)27(30-28(25(18)17-31)24-10-6-7-11-26(24)33-30)29-23-13-12-21(20-8-4-5-9-20)16-22(23)14-15-32(29)3/h6-7,10-16,20H,4-5,8-9H2,1-3H3/q+1. The molecule has 0 amide bonds. The fourth-order valence-electron chi connectivity index (χ4n) is 5.84. The van der Waals surface area contributed by atoms with Gasteiger partial charge in [-0.2, -0.15) is 5.26 Å². The molecular formula is C30H27N2O+. The van der Waals surface area contributed by atoms with Gasteiger partial charge >= 0.3 is 0 Å². The van der Waals surface area contributed by atoms with Crippen molar-refractivity contribution in [2.75, 3.05) is 0 Å². The molecule has 33 heavy (non-hydrogen) atoms. The summed E-state index contributed by atoms with van der Waals surface area (Å²) < 4.78 is 8.65. The third-order valence-electron chi connectivity index (χ3n) is 7.72. The first-order valence-electron chi connectivity index (χ1n) is 11.9. The van der Waals surface area contributed by atoms with Crippen LogP contribution in [0.1, 0.15) is 53.9 Å². The van der Waals surface area contributed by atoms with E-state index in [1.807, 2.05) is 18.2 Å². The minimum absolute atomic E-state index is 0.688. The number of hydrogen-bond acceptors (Lipinski definition) is 2. The van der Waals surface area contributed by atoms with Gasteiger partial charge in [-0.25, -0.2) is 4.57 Å². The first-order valence-corrected chi connectivity index (χ1v) is 11.9. The van der Waals surface area contributed by atoms with E-state index in [-0.39, 0.29) is 0 Å². The Morgan fingerprint density at radius 2 is 1.76 bits per heavy atom. The molecule has 1 aliphatic carbocycles. The molecule has 0 radical (unpaired) electrons. The van der Waals surface area contributed by atoms with E-state index in [9.17, 15) is 5.26 Å². The van der Waals surface area contributed by atoms with Crippen molar-refractivity contribution in [1.82, 2.24) is 0 Å². The molecule has 0 atom stereocenters. The number of rotatable bonds is 2. The van der Waals surface area contributed by atoms with Gasteiger partial charge in [-0.15, -0.1) is 0 Å². The molecule has 0 saturated heterocycles. The minimum Gasteiger partial charge on any atom is -0.455 e. The molecule has 6 rings (SSSR count). The Kier molecular flexibility index (Phi) is 4.52. The maximum absolute atomic E-state index is 10.0. The zero-order valence-electron chi connectivity index (χ0n) is 19.4. The SMILES string of the molecule is Cc1c(C)c(C#N)c2c(oc3ccccc32)c1-c1c2ccc(C3CCCC3)cc2cc[n+]1C. The summed E-state index contributed by atoms with van der Waals surface area (Å²) in [4.78, 5) is 0. The van der Waals surface area contributed by atoms with E-state index in [0.717, 1.165) is 44.3 Å². The molecule has 0 N–H and O–H groups in total. The average molecular weight is 432 g/mol. The van der Waals surface area contributed by atoms with Crippen molar-refractivity contribution in [3.05, 3.63) is 77.0 Å². The van der Waals surface area contributed by atoms with E-state index < -0.39 is 0 Å². The Hall–Kier alpha value is -3.64. The van der Waals surface area contributed by atoms with Crippen molar-refractivity contribution in [3.63, 3.8) is 0 Å². The number of furan rings is 1. The van der Waals surface area contributed by atoms with Crippen molar-refractivity contribution in [2.45, 2.75) is 45.4 Å². The maximum Gasteiger partial charge on any atom is 0.224 e. The van der Waals surface area contributed by atoms with Gasteiger partial charge in [0.25, 0.3) is 0 Å². The third kappa shape index (κ3) is 2.91. The maximum atomic E-state index is 10.0. The number of para-hydroxylation sites is 1. The summed E-state index contributed by atoms with van der Waals surface area (Å²) in [7, 11) is 2.10. The van der Waals surface area contributed by atoms with Gasteiger partial charge in [0.1, 0.15) is 18.7 Å². The topological polar surface area (TPSA) is 40.8 Å². The number of pyridine rings is 1. The molecule has 5 aromatic rings. The molecule has 2 heterocycles. The van der Waals surface area contributed by atoms with Crippen LogP contribution >= 0.6 is 0 Å². The minimum atomic E-state index is 0.688. The lowest BCUT2D eigenvalue weighted by atomic mass is 9.89. The summed E-state index contributed by atoms with van der Waals surface area (Å²) in [6.07, 6.45) is 7.42. The van der Waals surface area contributed by atoms with Gasteiger partial charge in [0.05, 0.1) is 16.5 Å². The lowest BCUT2D eigenvalue weighted by Gasteiger charge is -2.14. The number of aryl methyl sites for hydroxylation is 1. The monoisotopic (exact) mass is 431 g/mol. The molecule has 3 aromatic carbocycles.